The largest absolute Gasteiger partial charge is 0.487 e. The van der Waals surface area contributed by atoms with Crippen LogP contribution in [0.5, 0.6) is 11.5 Å². The lowest BCUT2D eigenvalue weighted by Crippen LogP contribution is -2.22. The maximum Gasteiger partial charge on any atom is 0.344 e. The van der Waals surface area contributed by atoms with E-state index in [9.17, 15) is 4.79 Å². The van der Waals surface area contributed by atoms with Gasteiger partial charge in [0.1, 0.15) is 18.1 Å². The highest BCUT2D eigenvalue weighted by molar-refractivity contribution is 6.35. The molecule has 116 valence electrons. The zero-order chi connectivity index (χ0) is 16.1. The van der Waals surface area contributed by atoms with Gasteiger partial charge >= 0.3 is 5.97 Å². The van der Waals surface area contributed by atoms with Crippen molar-refractivity contribution < 1.29 is 19.4 Å². The molecule has 0 aliphatic rings. The van der Waals surface area contributed by atoms with E-state index in [-0.39, 0.29) is 0 Å². The van der Waals surface area contributed by atoms with E-state index >= 15 is 0 Å². The summed E-state index contributed by atoms with van der Waals surface area (Å²) >= 11 is 11.8. The van der Waals surface area contributed by atoms with Gasteiger partial charge in [0, 0.05) is 5.02 Å². The monoisotopic (exact) mass is 340 g/mol. The normalized spacial score (nSPS) is 11.8. The van der Waals surface area contributed by atoms with Gasteiger partial charge in [-0.1, -0.05) is 35.3 Å². The summed E-state index contributed by atoms with van der Waals surface area (Å²) in [7, 11) is 0. The van der Waals surface area contributed by atoms with Crippen LogP contribution in [0, 0.1) is 0 Å². The quantitative estimate of drug-likeness (QED) is 0.845. The molecule has 0 bridgehead atoms. The van der Waals surface area contributed by atoms with Gasteiger partial charge in [0.25, 0.3) is 0 Å². The molecule has 0 spiro atoms. The molecule has 0 saturated heterocycles. The highest BCUT2D eigenvalue weighted by atomic mass is 35.5. The average molecular weight is 341 g/mol. The summed E-state index contributed by atoms with van der Waals surface area (Å²) in [5.74, 6) is 0.0267. The van der Waals surface area contributed by atoms with Gasteiger partial charge in [0.05, 0.1) is 5.02 Å². The Kier molecular flexibility index (Phi) is 5.52. The number of aliphatic carboxylic acids is 1. The zero-order valence-corrected chi connectivity index (χ0v) is 13.3. The number of benzene rings is 2. The Morgan fingerprint density at radius 2 is 1.86 bits per heavy atom. The molecular weight excluding hydrogens is 327 g/mol. The van der Waals surface area contributed by atoms with E-state index in [1.807, 2.05) is 0 Å². The van der Waals surface area contributed by atoms with E-state index in [4.69, 9.17) is 37.8 Å². The summed E-state index contributed by atoms with van der Waals surface area (Å²) in [5.41, 5.74) is 0.904. The fourth-order valence-corrected chi connectivity index (χ4v) is 2.14. The molecule has 1 atom stereocenters. The molecular formula is C16H14Cl2O4. The second kappa shape index (κ2) is 7.38. The molecule has 1 N–H and O–H groups in total. The lowest BCUT2D eigenvalue weighted by atomic mass is 10.2. The number of carboxylic acid groups (broad SMARTS) is 1. The Hall–Kier alpha value is -1.91. The van der Waals surface area contributed by atoms with Gasteiger partial charge in [-0.2, -0.15) is 0 Å². The molecule has 22 heavy (non-hydrogen) atoms. The fraction of sp³-hybridized carbons (Fsp3) is 0.188. The fourth-order valence-electron chi connectivity index (χ4n) is 1.67. The third kappa shape index (κ3) is 4.55. The van der Waals surface area contributed by atoms with Gasteiger partial charge in [-0.25, -0.2) is 4.79 Å². The standard InChI is InChI=1S/C16H14Cl2O4/c1-10(16(19)20)22-13-5-2-11(3-6-13)9-21-15-7-4-12(17)8-14(15)18/h2-8,10H,9H2,1H3,(H,19,20). The van der Waals surface area contributed by atoms with Crippen LogP contribution >= 0.6 is 23.2 Å². The molecule has 6 heteroatoms. The van der Waals surface area contributed by atoms with Crippen molar-refractivity contribution in [3.63, 3.8) is 0 Å². The first kappa shape index (κ1) is 16.5. The predicted octanol–water partition coefficient (Wildman–Crippen LogP) is 4.42. The van der Waals surface area contributed by atoms with Crippen molar-refractivity contribution in [2.45, 2.75) is 19.6 Å². The Balaban J connectivity index is 1.95. The molecule has 0 amide bonds. The summed E-state index contributed by atoms with van der Waals surface area (Å²) in [6, 6.07) is 12.0. The van der Waals surface area contributed by atoms with Gasteiger partial charge in [-0.15, -0.1) is 0 Å². The second-order valence-electron chi connectivity index (χ2n) is 4.61. The van der Waals surface area contributed by atoms with Crippen LogP contribution in [0.25, 0.3) is 0 Å². The molecule has 0 aromatic heterocycles. The van der Waals surface area contributed by atoms with Gasteiger partial charge < -0.3 is 14.6 Å². The van der Waals surface area contributed by atoms with E-state index < -0.39 is 12.1 Å². The molecule has 0 aliphatic carbocycles. The number of carboxylic acids is 1. The van der Waals surface area contributed by atoms with Crippen LogP contribution in [0.1, 0.15) is 12.5 Å². The number of carbonyl (C=O) groups is 1. The average Bonchev–Trinajstić information content (AvgIpc) is 2.47. The molecule has 4 nitrogen and oxygen atoms in total. The highest BCUT2D eigenvalue weighted by Crippen LogP contribution is 2.28. The van der Waals surface area contributed by atoms with Crippen molar-refractivity contribution in [2.24, 2.45) is 0 Å². The molecule has 0 saturated carbocycles. The van der Waals surface area contributed by atoms with Crippen LogP contribution in [-0.4, -0.2) is 17.2 Å². The van der Waals surface area contributed by atoms with E-state index in [0.29, 0.717) is 28.2 Å². The minimum atomic E-state index is -1.01. The Bertz CT molecular complexity index is 656. The topological polar surface area (TPSA) is 55.8 Å². The van der Waals surface area contributed by atoms with Crippen molar-refractivity contribution in [1.82, 2.24) is 0 Å². The Morgan fingerprint density at radius 1 is 1.18 bits per heavy atom. The van der Waals surface area contributed by atoms with Gasteiger partial charge in [-0.05, 0) is 42.8 Å². The summed E-state index contributed by atoms with van der Waals surface area (Å²) in [4.78, 5) is 10.7. The molecule has 1 unspecified atom stereocenters. The van der Waals surface area contributed by atoms with Crippen LogP contribution in [0.3, 0.4) is 0 Å². The maximum atomic E-state index is 10.7. The summed E-state index contributed by atoms with van der Waals surface area (Å²) in [6.07, 6.45) is -0.894. The molecule has 0 heterocycles. The first-order valence-corrected chi connectivity index (χ1v) is 7.27. The SMILES string of the molecule is CC(Oc1ccc(COc2ccc(Cl)cc2Cl)cc1)C(=O)O. The maximum absolute atomic E-state index is 10.7. The molecule has 0 radical (unpaired) electrons. The van der Waals surface area contributed by atoms with Gasteiger partial charge in [-0.3, -0.25) is 0 Å². The summed E-state index contributed by atoms with van der Waals surface area (Å²) < 4.78 is 10.9. The smallest absolute Gasteiger partial charge is 0.344 e. The first-order valence-electron chi connectivity index (χ1n) is 6.52. The Labute approximate surface area is 138 Å². The van der Waals surface area contributed by atoms with Gasteiger partial charge in [0.2, 0.25) is 0 Å². The number of ether oxygens (including phenoxy) is 2. The number of halogens is 2. The van der Waals surface area contributed by atoms with E-state index in [0.717, 1.165) is 5.56 Å². The van der Waals surface area contributed by atoms with Crippen molar-refractivity contribution in [2.75, 3.05) is 0 Å². The molecule has 2 aromatic rings. The number of hydrogen-bond acceptors (Lipinski definition) is 3. The Morgan fingerprint density at radius 3 is 2.45 bits per heavy atom. The van der Waals surface area contributed by atoms with E-state index in [1.54, 1.807) is 42.5 Å². The molecule has 0 aliphatic heterocycles. The van der Waals surface area contributed by atoms with Crippen molar-refractivity contribution in [3.05, 3.63) is 58.1 Å². The van der Waals surface area contributed by atoms with Crippen LogP contribution < -0.4 is 9.47 Å². The minimum Gasteiger partial charge on any atom is -0.487 e. The predicted molar refractivity (Wildman–Crippen MR) is 85.0 cm³/mol. The molecule has 0 fully saturated rings. The third-order valence-electron chi connectivity index (χ3n) is 2.87. The van der Waals surface area contributed by atoms with Crippen molar-refractivity contribution in [1.29, 1.82) is 0 Å². The van der Waals surface area contributed by atoms with Crippen molar-refractivity contribution >= 4 is 29.2 Å². The van der Waals surface area contributed by atoms with Gasteiger partial charge in [0.15, 0.2) is 6.10 Å². The van der Waals surface area contributed by atoms with Crippen LogP contribution in [-0.2, 0) is 11.4 Å². The molecule has 2 aromatic carbocycles. The highest BCUT2D eigenvalue weighted by Gasteiger charge is 2.12. The second-order valence-corrected chi connectivity index (χ2v) is 5.45. The van der Waals surface area contributed by atoms with E-state index in [1.165, 1.54) is 6.92 Å². The van der Waals surface area contributed by atoms with Crippen LogP contribution in [0.2, 0.25) is 10.0 Å². The minimum absolute atomic E-state index is 0.329. The lowest BCUT2D eigenvalue weighted by Gasteiger charge is -2.11. The summed E-state index contributed by atoms with van der Waals surface area (Å²) in [6.45, 7) is 1.80. The number of hydrogen-bond donors (Lipinski definition) is 1. The molecule has 2 rings (SSSR count). The summed E-state index contributed by atoms with van der Waals surface area (Å²) in [5, 5.41) is 9.78. The third-order valence-corrected chi connectivity index (χ3v) is 3.40. The zero-order valence-electron chi connectivity index (χ0n) is 11.8. The lowest BCUT2D eigenvalue weighted by molar-refractivity contribution is -0.144. The van der Waals surface area contributed by atoms with Crippen molar-refractivity contribution in [3.8, 4) is 11.5 Å². The first-order chi connectivity index (χ1) is 10.5. The van der Waals surface area contributed by atoms with E-state index in [2.05, 4.69) is 0 Å². The van der Waals surface area contributed by atoms with Crippen LogP contribution in [0.4, 0.5) is 0 Å². The van der Waals surface area contributed by atoms with Crippen LogP contribution in [0.15, 0.2) is 42.5 Å². The number of rotatable bonds is 6.